The van der Waals surface area contributed by atoms with Gasteiger partial charge < -0.3 is 20.5 Å². The summed E-state index contributed by atoms with van der Waals surface area (Å²) in [6.07, 6.45) is 4.32. The number of hydrogen-bond donors (Lipinski definition) is 3. The van der Waals surface area contributed by atoms with E-state index in [1.165, 1.54) is 0 Å². The lowest BCUT2D eigenvalue weighted by atomic mass is 10.2. The molecule has 6 nitrogen and oxygen atoms in total. The van der Waals surface area contributed by atoms with Gasteiger partial charge in [-0.1, -0.05) is 12.1 Å². The van der Waals surface area contributed by atoms with Crippen molar-refractivity contribution in [1.82, 2.24) is 20.6 Å². The van der Waals surface area contributed by atoms with Crippen LogP contribution in [0.15, 0.2) is 42.7 Å². The first-order chi connectivity index (χ1) is 10.9. The summed E-state index contributed by atoms with van der Waals surface area (Å²) < 4.78 is 5.61. The molecule has 0 aliphatic rings. The minimum absolute atomic E-state index is 0. The molecule has 2 rings (SSSR count). The van der Waals surface area contributed by atoms with Gasteiger partial charge in [-0.3, -0.25) is 0 Å². The van der Waals surface area contributed by atoms with Crippen LogP contribution in [0.2, 0.25) is 0 Å². The highest BCUT2D eigenvalue weighted by atomic mass is 35.5. The Kier molecular flexibility index (Phi) is 13.1. The Morgan fingerprint density at radius 2 is 1.71 bits per heavy atom. The summed E-state index contributed by atoms with van der Waals surface area (Å²) in [6.45, 7) is 3.45. The largest absolute Gasteiger partial charge is 0.424 e. The molecule has 0 amide bonds. The summed E-state index contributed by atoms with van der Waals surface area (Å²) in [5, 5.41) is 15.2. The molecule has 1 aromatic heterocycles. The zero-order valence-electron chi connectivity index (χ0n) is 13.4. The fourth-order valence-corrected chi connectivity index (χ4v) is 1.94. The van der Waals surface area contributed by atoms with E-state index in [1.807, 2.05) is 18.2 Å². The van der Waals surface area contributed by atoms with Crippen molar-refractivity contribution in [3.63, 3.8) is 0 Å². The number of ether oxygens (including phenoxy) is 1. The zero-order chi connectivity index (χ0) is 15.5. The molecule has 24 heavy (non-hydrogen) atoms. The standard InChI is InChI=1S/C16H22N4O2.2ClH/c21-11-10-17-6-2-7-18-13-14-4-1-5-15(12-14)22-16-19-8-3-9-20-16;;/h1,3-5,8-9,12,17-18,21H,2,6-7,10-11,13H2;2*1H. The van der Waals surface area contributed by atoms with Crippen LogP contribution >= 0.6 is 24.8 Å². The van der Waals surface area contributed by atoms with Gasteiger partial charge >= 0.3 is 6.01 Å². The topological polar surface area (TPSA) is 79.3 Å². The molecule has 0 saturated carbocycles. The number of halogens is 2. The van der Waals surface area contributed by atoms with Crippen molar-refractivity contribution < 1.29 is 9.84 Å². The van der Waals surface area contributed by atoms with E-state index in [0.717, 1.165) is 37.4 Å². The van der Waals surface area contributed by atoms with Crippen LogP contribution in [0.1, 0.15) is 12.0 Å². The Morgan fingerprint density at radius 1 is 0.958 bits per heavy atom. The van der Waals surface area contributed by atoms with Crippen LogP contribution in [-0.4, -0.2) is 41.3 Å². The first-order valence-corrected chi connectivity index (χ1v) is 7.44. The summed E-state index contributed by atoms with van der Waals surface area (Å²) >= 11 is 0. The molecular weight excluding hydrogens is 351 g/mol. The number of hydrogen-bond acceptors (Lipinski definition) is 6. The van der Waals surface area contributed by atoms with E-state index >= 15 is 0 Å². The predicted molar refractivity (Wildman–Crippen MR) is 99.3 cm³/mol. The van der Waals surface area contributed by atoms with Gasteiger partial charge in [-0.05, 0) is 43.3 Å². The summed E-state index contributed by atoms with van der Waals surface area (Å²) in [5.74, 6) is 0.732. The third-order valence-corrected chi connectivity index (χ3v) is 2.97. The van der Waals surface area contributed by atoms with Crippen molar-refractivity contribution in [1.29, 1.82) is 0 Å². The number of aliphatic hydroxyl groups is 1. The average Bonchev–Trinajstić information content (AvgIpc) is 2.55. The quantitative estimate of drug-likeness (QED) is 0.553. The first-order valence-electron chi connectivity index (χ1n) is 7.44. The number of benzene rings is 1. The normalized spacial score (nSPS) is 9.71. The molecule has 0 atom stereocenters. The van der Waals surface area contributed by atoms with Crippen molar-refractivity contribution in [3.05, 3.63) is 48.3 Å². The van der Waals surface area contributed by atoms with E-state index in [9.17, 15) is 0 Å². The van der Waals surface area contributed by atoms with Crippen LogP contribution in [0.3, 0.4) is 0 Å². The molecule has 3 N–H and O–H groups in total. The molecule has 1 aromatic carbocycles. The molecule has 1 heterocycles. The van der Waals surface area contributed by atoms with E-state index in [4.69, 9.17) is 9.84 Å². The number of nitrogens with one attached hydrogen (secondary N) is 2. The fraction of sp³-hybridized carbons (Fsp3) is 0.375. The van der Waals surface area contributed by atoms with Gasteiger partial charge in [0.05, 0.1) is 6.61 Å². The van der Waals surface area contributed by atoms with Gasteiger partial charge in [0, 0.05) is 25.5 Å². The van der Waals surface area contributed by atoms with E-state index in [0.29, 0.717) is 12.6 Å². The molecule has 0 fully saturated rings. The second kappa shape index (κ2) is 13.9. The van der Waals surface area contributed by atoms with Gasteiger partial charge in [-0.25, -0.2) is 9.97 Å². The fourth-order valence-electron chi connectivity index (χ4n) is 1.94. The summed E-state index contributed by atoms with van der Waals surface area (Å²) in [5.41, 5.74) is 1.15. The molecule has 0 aliphatic carbocycles. The van der Waals surface area contributed by atoms with Crippen molar-refractivity contribution in [2.45, 2.75) is 13.0 Å². The van der Waals surface area contributed by atoms with Crippen molar-refractivity contribution in [2.75, 3.05) is 26.2 Å². The third-order valence-electron chi connectivity index (χ3n) is 2.97. The Bertz CT molecular complexity index is 547. The lowest BCUT2D eigenvalue weighted by Gasteiger charge is -2.08. The zero-order valence-corrected chi connectivity index (χ0v) is 15.0. The lowest BCUT2D eigenvalue weighted by molar-refractivity contribution is 0.292. The maximum absolute atomic E-state index is 8.65. The van der Waals surface area contributed by atoms with Gasteiger partial charge in [-0.15, -0.1) is 24.8 Å². The van der Waals surface area contributed by atoms with E-state index in [2.05, 4.69) is 26.7 Å². The second-order valence-electron chi connectivity index (χ2n) is 4.78. The summed E-state index contributed by atoms with van der Waals surface area (Å²) in [4.78, 5) is 8.08. The van der Waals surface area contributed by atoms with Gasteiger partial charge in [0.15, 0.2) is 0 Å². The van der Waals surface area contributed by atoms with Gasteiger partial charge in [0.1, 0.15) is 5.75 Å². The summed E-state index contributed by atoms with van der Waals surface area (Å²) in [7, 11) is 0. The smallest absolute Gasteiger partial charge is 0.321 e. The Morgan fingerprint density at radius 3 is 2.46 bits per heavy atom. The molecule has 0 spiro atoms. The highest BCUT2D eigenvalue weighted by Gasteiger charge is 2.00. The molecule has 0 unspecified atom stereocenters. The highest BCUT2D eigenvalue weighted by Crippen LogP contribution is 2.18. The van der Waals surface area contributed by atoms with Crippen LogP contribution in [0.4, 0.5) is 0 Å². The number of rotatable bonds is 10. The second-order valence-corrected chi connectivity index (χ2v) is 4.78. The Hall–Kier alpha value is -1.44. The monoisotopic (exact) mass is 374 g/mol. The van der Waals surface area contributed by atoms with Crippen LogP contribution in [0.5, 0.6) is 11.8 Å². The van der Waals surface area contributed by atoms with E-state index < -0.39 is 0 Å². The molecular formula is C16H24Cl2N4O2. The lowest BCUT2D eigenvalue weighted by Crippen LogP contribution is -2.23. The van der Waals surface area contributed by atoms with Crippen LogP contribution in [-0.2, 0) is 6.54 Å². The van der Waals surface area contributed by atoms with Crippen LogP contribution < -0.4 is 15.4 Å². The van der Waals surface area contributed by atoms with Gasteiger partial charge in [0.2, 0.25) is 0 Å². The van der Waals surface area contributed by atoms with Crippen molar-refractivity contribution >= 4 is 24.8 Å². The Labute approximate surface area is 154 Å². The molecule has 0 bridgehead atoms. The van der Waals surface area contributed by atoms with Crippen molar-refractivity contribution in [2.24, 2.45) is 0 Å². The minimum Gasteiger partial charge on any atom is -0.424 e. The molecule has 0 radical (unpaired) electrons. The van der Waals surface area contributed by atoms with Crippen molar-refractivity contribution in [3.8, 4) is 11.8 Å². The molecule has 0 aliphatic heterocycles. The maximum Gasteiger partial charge on any atom is 0.321 e. The average molecular weight is 375 g/mol. The van der Waals surface area contributed by atoms with Crippen LogP contribution in [0, 0.1) is 0 Å². The molecule has 134 valence electrons. The van der Waals surface area contributed by atoms with Crippen LogP contribution in [0.25, 0.3) is 0 Å². The minimum atomic E-state index is 0. The van der Waals surface area contributed by atoms with Gasteiger partial charge in [-0.2, -0.15) is 0 Å². The third kappa shape index (κ3) is 9.00. The highest BCUT2D eigenvalue weighted by molar-refractivity contribution is 5.85. The summed E-state index contributed by atoms with van der Waals surface area (Å²) in [6, 6.07) is 9.98. The number of aliphatic hydroxyl groups excluding tert-OH is 1. The molecule has 0 saturated heterocycles. The van der Waals surface area contributed by atoms with Gasteiger partial charge in [0.25, 0.3) is 0 Å². The molecule has 2 aromatic rings. The first kappa shape index (κ1) is 22.6. The predicted octanol–water partition coefficient (Wildman–Crippen LogP) is 2.17. The number of aromatic nitrogens is 2. The van der Waals surface area contributed by atoms with E-state index in [1.54, 1.807) is 18.5 Å². The molecule has 8 heteroatoms. The SMILES string of the molecule is Cl.Cl.OCCNCCCNCc1cccc(Oc2ncccn2)c1. The number of nitrogens with zero attached hydrogens (tertiary/aromatic N) is 2. The maximum atomic E-state index is 8.65. The Balaban J connectivity index is 0.00000264. The van der Waals surface area contributed by atoms with E-state index in [-0.39, 0.29) is 31.4 Å².